The monoisotopic (exact) mass is 456 g/mol. The molecule has 2 aromatic heterocycles. The van der Waals surface area contributed by atoms with E-state index in [0.29, 0.717) is 18.0 Å². The number of ether oxygens (including phenoxy) is 1. The number of benzene rings is 2. The van der Waals surface area contributed by atoms with Crippen LogP contribution in [0.25, 0.3) is 10.6 Å². The van der Waals surface area contributed by atoms with Crippen LogP contribution in [0.4, 0.5) is 11.5 Å². The number of amides is 1. The predicted molar refractivity (Wildman–Crippen MR) is 132 cm³/mol. The number of nitrogens with one attached hydrogen (secondary N) is 1. The first-order chi connectivity index (χ1) is 16.3. The van der Waals surface area contributed by atoms with Crippen molar-refractivity contribution in [2.45, 2.75) is 12.8 Å². The number of carbonyl (C=O) groups excluding carboxylic acids is 1. The van der Waals surface area contributed by atoms with Crippen molar-refractivity contribution >= 4 is 28.7 Å². The van der Waals surface area contributed by atoms with Gasteiger partial charge < -0.3 is 15.0 Å². The lowest BCUT2D eigenvalue weighted by Gasteiger charge is -2.32. The predicted octanol–water partition coefficient (Wildman–Crippen LogP) is 5.85. The number of anilines is 2. The van der Waals surface area contributed by atoms with Gasteiger partial charge in [-0.25, -0.2) is 0 Å². The summed E-state index contributed by atoms with van der Waals surface area (Å²) in [5.41, 5.74) is 1.54. The highest BCUT2D eigenvalue weighted by molar-refractivity contribution is 7.13. The largest absolute Gasteiger partial charge is 0.455 e. The second kappa shape index (κ2) is 9.83. The van der Waals surface area contributed by atoms with Crippen LogP contribution in [0.1, 0.15) is 12.8 Å². The van der Waals surface area contributed by atoms with Crippen molar-refractivity contribution in [1.29, 1.82) is 0 Å². The smallest absolute Gasteiger partial charge is 0.229 e. The zero-order valence-corrected chi connectivity index (χ0v) is 18.9. The fourth-order valence-electron chi connectivity index (χ4n) is 3.96. The number of rotatable bonds is 6. The molecule has 4 aromatic rings. The van der Waals surface area contributed by atoms with E-state index in [1.54, 1.807) is 11.3 Å². The first-order valence-electron chi connectivity index (χ1n) is 11.0. The van der Waals surface area contributed by atoms with Gasteiger partial charge in [-0.1, -0.05) is 36.4 Å². The molecule has 1 unspecified atom stereocenters. The zero-order chi connectivity index (χ0) is 22.5. The van der Waals surface area contributed by atoms with E-state index in [2.05, 4.69) is 20.4 Å². The van der Waals surface area contributed by atoms with Crippen molar-refractivity contribution in [2.24, 2.45) is 5.92 Å². The number of aromatic nitrogens is 2. The van der Waals surface area contributed by atoms with E-state index in [1.165, 1.54) is 0 Å². The van der Waals surface area contributed by atoms with Crippen LogP contribution in [0.5, 0.6) is 11.5 Å². The van der Waals surface area contributed by atoms with Crippen molar-refractivity contribution in [2.75, 3.05) is 23.3 Å². The van der Waals surface area contributed by atoms with Crippen LogP contribution in [-0.2, 0) is 4.79 Å². The standard InChI is InChI=1S/C26H24N4O2S/c31-26(27-21-11-4-5-12-23(21)32-20-9-2-1-3-10-20)19-8-6-16-30(18-19)25-15-14-22(28-29-25)24-13-7-17-33-24/h1-5,7,9-15,17,19H,6,8,16,18H2,(H,27,31). The molecule has 166 valence electrons. The molecule has 1 aliphatic heterocycles. The van der Waals surface area contributed by atoms with E-state index in [-0.39, 0.29) is 11.8 Å². The minimum absolute atomic E-state index is 0.00743. The summed E-state index contributed by atoms with van der Waals surface area (Å²) in [6.07, 6.45) is 1.76. The highest BCUT2D eigenvalue weighted by Gasteiger charge is 2.27. The molecule has 1 fully saturated rings. The molecular weight excluding hydrogens is 432 g/mol. The zero-order valence-electron chi connectivity index (χ0n) is 18.1. The van der Waals surface area contributed by atoms with Crippen molar-refractivity contribution in [1.82, 2.24) is 10.2 Å². The fourth-order valence-corrected chi connectivity index (χ4v) is 4.65. The summed E-state index contributed by atoms with van der Waals surface area (Å²) in [7, 11) is 0. The third-order valence-electron chi connectivity index (χ3n) is 5.66. The molecule has 5 rings (SSSR count). The van der Waals surface area contributed by atoms with Gasteiger partial charge in [-0.2, -0.15) is 0 Å². The molecule has 0 saturated carbocycles. The summed E-state index contributed by atoms with van der Waals surface area (Å²) in [4.78, 5) is 16.4. The van der Waals surface area contributed by atoms with Crippen molar-refractivity contribution in [3.8, 4) is 22.1 Å². The summed E-state index contributed by atoms with van der Waals surface area (Å²) < 4.78 is 5.99. The molecule has 7 heteroatoms. The van der Waals surface area contributed by atoms with Gasteiger partial charge in [0.05, 0.1) is 16.5 Å². The topological polar surface area (TPSA) is 67.3 Å². The molecule has 3 heterocycles. The van der Waals surface area contributed by atoms with Gasteiger partial charge in [0.15, 0.2) is 11.6 Å². The number of nitrogens with zero attached hydrogens (tertiary/aromatic N) is 3. The van der Waals surface area contributed by atoms with Gasteiger partial charge in [-0.15, -0.1) is 21.5 Å². The molecule has 0 radical (unpaired) electrons. The Kier molecular flexibility index (Phi) is 6.30. The molecule has 0 bridgehead atoms. The fraction of sp³-hybridized carbons (Fsp3) is 0.192. The van der Waals surface area contributed by atoms with Gasteiger partial charge in [0, 0.05) is 13.1 Å². The number of piperidine rings is 1. The van der Waals surface area contributed by atoms with E-state index in [1.807, 2.05) is 84.2 Å². The Morgan fingerprint density at radius 3 is 2.61 bits per heavy atom. The first kappa shape index (κ1) is 21.2. The molecule has 2 aromatic carbocycles. The van der Waals surface area contributed by atoms with Crippen molar-refractivity contribution in [3.05, 3.63) is 84.2 Å². The lowest BCUT2D eigenvalue weighted by molar-refractivity contribution is -0.120. The average Bonchev–Trinajstić information content (AvgIpc) is 3.41. The van der Waals surface area contributed by atoms with Crippen LogP contribution in [0, 0.1) is 5.92 Å². The molecule has 0 spiro atoms. The lowest BCUT2D eigenvalue weighted by Crippen LogP contribution is -2.41. The normalized spacial score (nSPS) is 15.8. The molecular formula is C26H24N4O2S. The lowest BCUT2D eigenvalue weighted by atomic mass is 9.97. The number of thiophene rings is 1. The van der Waals surface area contributed by atoms with Crippen LogP contribution < -0.4 is 15.0 Å². The number of hydrogen-bond acceptors (Lipinski definition) is 6. The molecule has 1 N–H and O–H groups in total. The molecule has 1 saturated heterocycles. The Morgan fingerprint density at radius 2 is 1.82 bits per heavy atom. The summed E-state index contributed by atoms with van der Waals surface area (Å²) in [6.45, 7) is 1.48. The van der Waals surface area contributed by atoms with Gasteiger partial charge in [-0.3, -0.25) is 4.79 Å². The maximum atomic E-state index is 13.1. The van der Waals surface area contributed by atoms with Crippen molar-refractivity contribution < 1.29 is 9.53 Å². The van der Waals surface area contributed by atoms with Crippen LogP contribution in [-0.4, -0.2) is 29.2 Å². The Morgan fingerprint density at radius 1 is 0.970 bits per heavy atom. The van der Waals surface area contributed by atoms with E-state index in [0.717, 1.165) is 41.5 Å². The molecule has 0 aliphatic carbocycles. The highest BCUT2D eigenvalue weighted by atomic mass is 32.1. The third-order valence-corrected chi connectivity index (χ3v) is 6.55. The Bertz CT molecular complexity index is 1200. The maximum absolute atomic E-state index is 13.1. The van der Waals surface area contributed by atoms with Crippen LogP contribution in [0.2, 0.25) is 0 Å². The summed E-state index contributed by atoms with van der Waals surface area (Å²) in [6, 6.07) is 25.1. The second-order valence-electron chi connectivity index (χ2n) is 7.94. The Hall–Kier alpha value is -3.71. The van der Waals surface area contributed by atoms with Crippen LogP contribution >= 0.6 is 11.3 Å². The summed E-state index contributed by atoms with van der Waals surface area (Å²) >= 11 is 1.64. The first-order valence-corrected chi connectivity index (χ1v) is 11.9. The molecule has 1 aliphatic rings. The Balaban J connectivity index is 1.25. The van der Waals surface area contributed by atoms with Crippen LogP contribution in [0.15, 0.2) is 84.2 Å². The maximum Gasteiger partial charge on any atom is 0.229 e. The summed E-state index contributed by atoms with van der Waals surface area (Å²) in [5.74, 6) is 2.02. The van der Waals surface area contributed by atoms with E-state index in [4.69, 9.17) is 4.74 Å². The number of carbonyl (C=O) groups is 1. The summed E-state index contributed by atoms with van der Waals surface area (Å²) in [5, 5.41) is 13.9. The van der Waals surface area contributed by atoms with Gasteiger partial charge in [0.2, 0.25) is 5.91 Å². The van der Waals surface area contributed by atoms with Gasteiger partial charge in [-0.05, 0) is 60.7 Å². The van der Waals surface area contributed by atoms with Gasteiger partial charge in [0.25, 0.3) is 0 Å². The van der Waals surface area contributed by atoms with E-state index >= 15 is 0 Å². The van der Waals surface area contributed by atoms with Crippen molar-refractivity contribution in [3.63, 3.8) is 0 Å². The quantitative estimate of drug-likeness (QED) is 0.394. The Labute approximate surface area is 196 Å². The molecule has 33 heavy (non-hydrogen) atoms. The number of hydrogen-bond donors (Lipinski definition) is 1. The minimum atomic E-state index is -0.137. The molecule has 1 amide bonds. The second-order valence-corrected chi connectivity index (χ2v) is 8.89. The van der Waals surface area contributed by atoms with E-state index < -0.39 is 0 Å². The SMILES string of the molecule is O=C(Nc1ccccc1Oc1ccccc1)C1CCCN(c2ccc(-c3cccs3)nn2)C1. The number of para-hydroxylation sites is 3. The molecule has 6 nitrogen and oxygen atoms in total. The highest BCUT2D eigenvalue weighted by Crippen LogP contribution is 2.31. The molecule has 1 atom stereocenters. The van der Waals surface area contributed by atoms with Crippen LogP contribution in [0.3, 0.4) is 0 Å². The van der Waals surface area contributed by atoms with Gasteiger partial charge in [0.1, 0.15) is 11.4 Å². The average molecular weight is 457 g/mol. The van der Waals surface area contributed by atoms with Gasteiger partial charge >= 0.3 is 0 Å². The van der Waals surface area contributed by atoms with E-state index in [9.17, 15) is 4.79 Å². The third kappa shape index (κ3) is 5.04. The minimum Gasteiger partial charge on any atom is -0.455 e.